The van der Waals surface area contributed by atoms with E-state index in [1.165, 1.54) is 11.0 Å². The molecule has 0 aromatic heterocycles. The molecule has 4 rings (SSSR count). The number of carboxylic acids is 1. The van der Waals surface area contributed by atoms with Gasteiger partial charge in [0.2, 0.25) is 5.91 Å². The lowest BCUT2D eigenvalue weighted by Crippen LogP contribution is -3.13. The van der Waals surface area contributed by atoms with E-state index in [9.17, 15) is 19.1 Å². The second-order valence-corrected chi connectivity index (χ2v) is 8.09. The van der Waals surface area contributed by atoms with E-state index in [0.29, 0.717) is 13.1 Å². The Morgan fingerprint density at radius 2 is 1.85 bits per heavy atom. The van der Waals surface area contributed by atoms with Crippen molar-refractivity contribution in [3.63, 3.8) is 0 Å². The van der Waals surface area contributed by atoms with Crippen LogP contribution in [0.2, 0.25) is 0 Å². The molecule has 1 amide bonds. The van der Waals surface area contributed by atoms with Crippen LogP contribution in [-0.2, 0) is 16.1 Å². The molecule has 0 radical (unpaired) electrons. The molecular weight excluding hydrogens is 335 g/mol. The van der Waals surface area contributed by atoms with E-state index < -0.39 is 11.9 Å². The molecule has 0 spiro atoms. The first kappa shape index (κ1) is 17.5. The maximum absolute atomic E-state index is 13.3. The minimum absolute atomic E-state index is 0.0104. The first-order chi connectivity index (χ1) is 12.5. The van der Waals surface area contributed by atoms with Crippen LogP contribution in [0.1, 0.15) is 24.8 Å². The number of rotatable bonds is 4. The molecule has 2 saturated carbocycles. The molecule has 140 valence electrons. The Morgan fingerprint density at radius 1 is 1.15 bits per heavy atom. The predicted octanol–water partition coefficient (Wildman–Crippen LogP) is -0.535. The molecule has 1 aliphatic heterocycles. The molecule has 1 N–H and O–H groups in total. The number of aliphatic carboxylic acids is 1. The summed E-state index contributed by atoms with van der Waals surface area (Å²) in [7, 11) is 0. The third-order valence-electron chi connectivity index (χ3n) is 6.60. The molecule has 5 nitrogen and oxygen atoms in total. The molecule has 3 fully saturated rings. The van der Waals surface area contributed by atoms with Gasteiger partial charge in [-0.05, 0) is 43.2 Å². The van der Waals surface area contributed by atoms with Crippen molar-refractivity contribution in [1.29, 1.82) is 0 Å². The number of amides is 1. The summed E-state index contributed by atoms with van der Waals surface area (Å²) in [6, 6.07) is 6.65. The van der Waals surface area contributed by atoms with Crippen molar-refractivity contribution in [2.45, 2.75) is 25.8 Å². The third-order valence-corrected chi connectivity index (χ3v) is 6.60. The van der Waals surface area contributed by atoms with Gasteiger partial charge in [0.1, 0.15) is 12.4 Å². The number of nitrogens with one attached hydrogen (secondary N) is 1. The van der Waals surface area contributed by atoms with E-state index in [-0.39, 0.29) is 29.5 Å². The number of carbonyl (C=O) groups excluding carboxylic acids is 2. The SMILES string of the molecule is O=C([O-])[C@H]1[C@@H]2CC[C@H](C2)[C@H]1C(=O)N1CC[NH+](Cc2cccc(F)c2)CC1. The number of hydrogen-bond donors (Lipinski definition) is 1. The van der Waals surface area contributed by atoms with Crippen LogP contribution in [-0.4, -0.2) is 43.0 Å². The van der Waals surface area contributed by atoms with E-state index in [4.69, 9.17) is 0 Å². The average Bonchev–Trinajstić information content (AvgIpc) is 3.23. The highest BCUT2D eigenvalue weighted by Gasteiger charge is 2.52. The molecule has 1 aromatic rings. The van der Waals surface area contributed by atoms with Crippen LogP contribution >= 0.6 is 0 Å². The number of benzene rings is 1. The zero-order valence-electron chi connectivity index (χ0n) is 14.8. The molecule has 2 bridgehead atoms. The van der Waals surface area contributed by atoms with Crippen molar-refractivity contribution in [2.24, 2.45) is 23.7 Å². The zero-order valence-corrected chi connectivity index (χ0v) is 14.8. The summed E-state index contributed by atoms with van der Waals surface area (Å²) in [5.74, 6) is -1.91. The standard InChI is InChI=1S/C20H25FN2O3/c21-16-3-1-2-13(10-16)12-22-6-8-23(9-7-22)19(24)17-14-4-5-15(11-14)18(17)20(25)26/h1-3,10,14-15,17-18H,4-9,11-12H2,(H,25,26)/t14-,15-,17-,18+/m1/s1. The van der Waals surface area contributed by atoms with Gasteiger partial charge >= 0.3 is 0 Å². The molecule has 1 heterocycles. The van der Waals surface area contributed by atoms with Crippen LogP contribution in [0.4, 0.5) is 4.39 Å². The summed E-state index contributed by atoms with van der Waals surface area (Å²) in [6.07, 6.45) is 2.74. The maximum Gasteiger partial charge on any atom is 0.227 e. The molecule has 4 atom stereocenters. The Hall–Kier alpha value is -1.95. The normalized spacial score (nSPS) is 31.3. The van der Waals surface area contributed by atoms with Crippen LogP contribution < -0.4 is 10.0 Å². The summed E-state index contributed by atoms with van der Waals surface area (Å²) in [6.45, 7) is 3.63. The van der Waals surface area contributed by atoms with Crippen LogP contribution in [0.5, 0.6) is 0 Å². The first-order valence-electron chi connectivity index (χ1n) is 9.60. The van der Waals surface area contributed by atoms with Crippen molar-refractivity contribution in [3.8, 4) is 0 Å². The zero-order chi connectivity index (χ0) is 18.3. The molecule has 3 aliphatic rings. The van der Waals surface area contributed by atoms with E-state index >= 15 is 0 Å². The van der Waals surface area contributed by atoms with Crippen LogP contribution in [0.15, 0.2) is 24.3 Å². The highest BCUT2D eigenvalue weighted by Crippen LogP contribution is 2.52. The van der Waals surface area contributed by atoms with Gasteiger partial charge in [-0.15, -0.1) is 0 Å². The number of nitrogens with zero attached hydrogens (tertiary/aromatic N) is 1. The fraction of sp³-hybridized carbons (Fsp3) is 0.600. The quantitative estimate of drug-likeness (QED) is 0.785. The number of halogens is 1. The Balaban J connectivity index is 1.36. The lowest BCUT2D eigenvalue weighted by Gasteiger charge is -2.38. The van der Waals surface area contributed by atoms with Gasteiger partial charge in [0.15, 0.2) is 0 Å². The lowest BCUT2D eigenvalue weighted by molar-refractivity contribution is -0.917. The van der Waals surface area contributed by atoms with Crippen molar-refractivity contribution in [2.75, 3.05) is 26.2 Å². The molecule has 6 heteroatoms. The maximum atomic E-state index is 13.3. The second kappa shape index (κ2) is 6.99. The van der Waals surface area contributed by atoms with Gasteiger partial charge in [0.05, 0.1) is 26.2 Å². The summed E-state index contributed by atoms with van der Waals surface area (Å²) < 4.78 is 13.3. The van der Waals surface area contributed by atoms with Gasteiger partial charge < -0.3 is 19.7 Å². The van der Waals surface area contributed by atoms with E-state index in [0.717, 1.165) is 44.5 Å². The minimum Gasteiger partial charge on any atom is -0.550 e. The highest BCUT2D eigenvalue weighted by molar-refractivity contribution is 5.85. The highest BCUT2D eigenvalue weighted by atomic mass is 19.1. The van der Waals surface area contributed by atoms with Crippen molar-refractivity contribution >= 4 is 11.9 Å². The molecular formula is C20H25FN2O3. The van der Waals surface area contributed by atoms with Gasteiger partial charge in [-0.3, -0.25) is 4.79 Å². The minimum atomic E-state index is -1.05. The third kappa shape index (κ3) is 3.22. The molecule has 1 aromatic carbocycles. The van der Waals surface area contributed by atoms with Crippen molar-refractivity contribution in [3.05, 3.63) is 35.6 Å². The van der Waals surface area contributed by atoms with Crippen molar-refractivity contribution in [1.82, 2.24) is 4.90 Å². The topological polar surface area (TPSA) is 64.9 Å². The largest absolute Gasteiger partial charge is 0.550 e. The molecule has 26 heavy (non-hydrogen) atoms. The van der Waals surface area contributed by atoms with Gasteiger partial charge in [0.25, 0.3) is 0 Å². The predicted molar refractivity (Wildman–Crippen MR) is 90.2 cm³/mol. The summed E-state index contributed by atoms with van der Waals surface area (Å²) in [5.41, 5.74) is 0.963. The van der Waals surface area contributed by atoms with Gasteiger partial charge in [-0.25, -0.2) is 4.39 Å². The monoisotopic (exact) mass is 360 g/mol. The van der Waals surface area contributed by atoms with Crippen LogP contribution in [0.25, 0.3) is 0 Å². The van der Waals surface area contributed by atoms with Gasteiger partial charge in [0, 0.05) is 23.4 Å². The fourth-order valence-corrected chi connectivity index (χ4v) is 5.35. The summed E-state index contributed by atoms with van der Waals surface area (Å²) in [4.78, 5) is 27.7. The lowest BCUT2D eigenvalue weighted by atomic mass is 9.78. The average molecular weight is 360 g/mol. The second-order valence-electron chi connectivity index (χ2n) is 8.09. The molecule has 0 unspecified atom stereocenters. The smallest absolute Gasteiger partial charge is 0.227 e. The van der Waals surface area contributed by atoms with E-state index in [2.05, 4.69) is 0 Å². The van der Waals surface area contributed by atoms with Gasteiger partial charge in [-0.2, -0.15) is 0 Å². The number of hydrogen-bond acceptors (Lipinski definition) is 3. The number of piperazine rings is 1. The van der Waals surface area contributed by atoms with Crippen molar-refractivity contribution < 1.29 is 24.0 Å². The van der Waals surface area contributed by atoms with E-state index in [1.807, 2.05) is 11.0 Å². The Bertz CT molecular complexity index is 702. The molecule has 1 saturated heterocycles. The Morgan fingerprint density at radius 3 is 2.50 bits per heavy atom. The number of carboxylic acid groups (broad SMARTS) is 1. The number of carbonyl (C=O) groups is 2. The van der Waals surface area contributed by atoms with Gasteiger partial charge in [-0.1, -0.05) is 12.1 Å². The number of quaternary nitrogens is 1. The summed E-state index contributed by atoms with van der Waals surface area (Å²) >= 11 is 0. The fourth-order valence-electron chi connectivity index (χ4n) is 5.35. The Kier molecular flexibility index (Phi) is 4.69. The van der Waals surface area contributed by atoms with Crippen LogP contribution in [0, 0.1) is 29.5 Å². The first-order valence-corrected chi connectivity index (χ1v) is 9.60. The number of fused-ring (bicyclic) bond motifs is 2. The van der Waals surface area contributed by atoms with Crippen LogP contribution in [0.3, 0.4) is 0 Å². The Labute approximate surface area is 152 Å². The summed E-state index contributed by atoms with van der Waals surface area (Å²) in [5, 5.41) is 11.6. The molecule has 2 aliphatic carbocycles. The van der Waals surface area contributed by atoms with E-state index in [1.54, 1.807) is 12.1 Å².